The summed E-state index contributed by atoms with van der Waals surface area (Å²) < 4.78 is 0. The molecule has 12 heavy (non-hydrogen) atoms. The Labute approximate surface area is 70.6 Å². The van der Waals surface area contributed by atoms with Crippen molar-refractivity contribution in [1.82, 2.24) is 0 Å². The van der Waals surface area contributed by atoms with Gasteiger partial charge in [-0.1, -0.05) is 0 Å². The predicted octanol–water partition coefficient (Wildman–Crippen LogP) is 1.43. The van der Waals surface area contributed by atoms with Gasteiger partial charge in [-0.05, 0) is 30.7 Å². The van der Waals surface area contributed by atoms with E-state index in [2.05, 4.69) is 5.32 Å². The molecule has 0 aliphatic carbocycles. The number of nitriles is 1. The monoisotopic (exact) mass is 160 g/mol. The molecule has 0 saturated carbocycles. The highest BCUT2D eigenvalue weighted by molar-refractivity contribution is 5.73. The van der Waals surface area contributed by atoms with Crippen LogP contribution in [0.15, 0.2) is 18.2 Å². The highest BCUT2D eigenvalue weighted by Gasteiger charge is 1.97. The van der Waals surface area contributed by atoms with E-state index in [4.69, 9.17) is 5.26 Å². The molecule has 0 saturated heterocycles. The molecule has 0 aromatic heterocycles. The summed E-state index contributed by atoms with van der Waals surface area (Å²) in [5, 5.41) is 11.1. The van der Waals surface area contributed by atoms with Crippen LogP contribution in [0.1, 0.15) is 11.1 Å². The van der Waals surface area contributed by atoms with E-state index in [9.17, 15) is 4.79 Å². The van der Waals surface area contributed by atoms with Gasteiger partial charge in [0.15, 0.2) is 0 Å². The third-order valence-electron chi connectivity index (χ3n) is 1.57. The van der Waals surface area contributed by atoms with Crippen molar-refractivity contribution in [2.75, 3.05) is 5.32 Å². The summed E-state index contributed by atoms with van der Waals surface area (Å²) >= 11 is 0. The normalized spacial score (nSPS) is 8.67. The summed E-state index contributed by atoms with van der Waals surface area (Å²) in [4.78, 5) is 10.1. The lowest BCUT2D eigenvalue weighted by molar-refractivity contribution is -0.105. The van der Waals surface area contributed by atoms with Crippen molar-refractivity contribution in [3.63, 3.8) is 0 Å². The zero-order valence-electron chi connectivity index (χ0n) is 6.66. The Kier molecular flexibility index (Phi) is 2.44. The number of rotatable bonds is 2. The molecule has 1 aromatic carbocycles. The standard InChI is InChI=1S/C9H8N2O/c1-7-4-8(5-10)2-3-9(7)11-6-12/h2-4,6H,1H3,(H,11,12). The van der Waals surface area contributed by atoms with Crippen molar-refractivity contribution in [3.8, 4) is 6.07 Å². The quantitative estimate of drug-likeness (QED) is 0.665. The minimum Gasteiger partial charge on any atom is -0.328 e. The summed E-state index contributed by atoms with van der Waals surface area (Å²) in [6.07, 6.45) is 0.619. The number of nitrogens with one attached hydrogen (secondary N) is 1. The zero-order chi connectivity index (χ0) is 8.97. The molecule has 1 amide bonds. The molecule has 0 aliphatic heterocycles. The topological polar surface area (TPSA) is 52.9 Å². The Morgan fingerprint density at radius 2 is 2.33 bits per heavy atom. The van der Waals surface area contributed by atoms with Gasteiger partial charge in [0, 0.05) is 5.69 Å². The molecule has 0 bridgehead atoms. The van der Waals surface area contributed by atoms with E-state index >= 15 is 0 Å². The minimum atomic E-state index is 0.601. The summed E-state index contributed by atoms with van der Waals surface area (Å²) in [6.45, 7) is 1.84. The first-order valence-corrected chi connectivity index (χ1v) is 3.49. The van der Waals surface area contributed by atoms with Crippen molar-refractivity contribution < 1.29 is 4.79 Å². The third kappa shape index (κ3) is 1.61. The van der Waals surface area contributed by atoms with Crippen LogP contribution in [0.5, 0.6) is 0 Å². The Balaban J connectivity index is 3.04. The van der Waals surface area contributed by atoms with Gasteiger partial charge in [-0.3, -0.25) is 4.79 Å². The van der Waals surface area contributed by atoms with E-state index < -0.39 is 0 Å². The maximum absolute atomic E-state index is 10.1. The Morgan fingerprint density at radius 1 is 1.58 bits per heavy atom. The first kappa shape index (κ1) is 8.28. The number of nitrogens with zero attached hydrogens (tertiary/aromatic N) is 1. The van der Waals surface area contributed by atoms with Crippen LogP contribution in [0.2, 0.25) is 0 Å². The second-order valence-corrected chi connectivity index (χ2v) is 2.40. The number of carbonyl (C=O) groups excluding carboxylic acids is 1. The van der Waals surface area contributed by atoms with Gasteiger partial charge in [0.25, 0.3) is 0 Å². The zero-order valence-corrected chi connectivity index (χ0v) is 6.66. The van der Waals surface area contributed by atoms with Crippen LogP contribution in [0, 0.1) is 18.3 Å². The molecule has 1 aromatic rings. The second-order valence-electron chi connectivity index (χ2n) is 2.40. The molecule has 0 heterocycles. The molecule has 1 rings (SSSR count). The molecule has 0 radical (unpaired) electrons. The van der Waals surface area contributed by atoms with E-state index in [1.54, 1.807) is 18.2 Å². The van der Waals surface area contributed by atoms with Gasteiger partial charge in [-0.2, -0.15) is 5.26 Å². The molecular formula is C9H8N2O. The van der Waals surface area contributed by atoms with E-state index in [1.807, 2.05) is 13.0 Å². The van der Waals surface area contributed by atoms with Gasteiger partial charge in [0.2, 0.25) is 6.41 Å². The Morgan fingerprint density at radius 3 is 2.83 bits per heavy atom. The molecule has 0 unspecified atom stereocenters. The van der Waals surface area contributed by atoms with Gasteiger partial charge in [-0.15, -0.1) is 0 Å². The molecule has 3 nitrogen and oxygen atoms in total. The number of hydrogen-bond acceptors (Lipinski definition) is 2. The van der Waals surface area contributed by atoms with Crippen molar-refractivity contribution in [2.45, 2.75) is 6.92 Å². The van der Waals surface area contributed by atoms with Crippen LogP contribution in [0.4, 0.5) is 5.69 Å². The SMILES string of the molecule is Cc1cc(C#N)ccc1NC=O. The van der Waals surface area contributed by atoms with Crippen molar-refractivity contribution in [1.29, 1.82) is 5.26 Å². The summed E-state index contributed by atoms with van der Waals surface area (Å²) in [5.41, 5.74) is 2.23. The molecule has 3 heteroatoms. The lowest BCUT2D eigenvalue weighted by Crippen LogP contribution is -1.96. The minimum absolute atomic E-state index is 0.601. The van der Waals surface area contributed by atoms with Crippen LogP contribution in [0.25, 0.3) is 0 Å². The van der Waals surface area contributed by atoms with E-state index in [-0.39, 0.29) is 0 Å². The van der Waals surface area contributed by atoms with Crippen LogP contribution < -0.4 is 5.32 Å². The highest BCUT2D eigenvalue weighted by atomic mass is 16.1. The first-order chi connectivity index (χ1) is 5.77. The summed E-state index contributed by atoms with van der Waals surface area (Å²) in [7, 11) is 0. The van der Waals surface area contributed by atoms with Gasteiger partial charge in [0.05, 0.1) is 11.6 Å². The number of amides is 1. The maximum atomic E-state index is 10.1. The predicted molar refractivity (Wildman–Crippen MR) is 45.6 cm³/mol. The number of aryl methyl sites for hydroxylation is 1. The Hall–Kier alpha value is -1.82. The number of anilines is 1. The molecule has 0 atom stereocenters. The second kappa shape index (κ2) is 3.54. The van der Waals surface area contributed by atoms with Crippen LogP contribution in [0.3, 0.4) is 0 Å². The molecule has 0 aliphatic rings. The fourth-order valence-electron chi connectivity index (χ4n) is 0.959. The van der Waals surface area contributed by atoms with Crippen molar-refractivity contribution in [3.05, 3.63) is 29.3 Å². The number of hydrogen-bond donors (Lipinski definition) is 1. The fourth-order valence-corrected chi connectivity index (χ4v) is 0.959. The third-order valence-corrected chi connectivity index (χ3v) is 1.57. The van der Waals surface area contributed by atoms with Gasteiger partial charge in [0.1, 0.15) is 0 Å². The highest BCUT2D eigenvalue weighted by Crippen LogP contribution is 2.14. The average molecular weight is 160 g/mol. The van der Waals surface area contributed by atoms with E-state index in [0.717, 1.165) is 11.3 Å². The van der Waals surface area contributed by atoms with Gasteiger partial charge < -0.3 is 5.32 Å². The van der Waals surface area contributed by atoms with Crippen molar-refractivity contribution >= 4 is 12.1 Å². The molecule has 60 valence electrons. The fraction of sp³-hybridized carbons (Fsp3) is 0.111. The molecule has 0 spiro atoms. The molecule has 0 fully saturated rings. The average Bonchev–Trinajstić information content (AvgIpc) is 2.09. The molecule has 1 N–H and O–H groups in total. The number of benzene rings is 1. The van der Waals surface area contributed by atoms with Gasteiger partial charge in [-0.25, -0.2) is 0 Å². The lowest BCUT2D eigenvalue weighted by Gasteiger charge is -2.02. The summed E-state index contributed by atoms with van der Waals surface area (Å²) in [6, 6.07) is 7.13. The van der Waals surface area contributed by atoms with Crippen molar-refractivity contribution in [2.24, 2.45) is 0 Å². The summed E-state index contributed by atoms with van der Waals surface area (Å²) in [5.74, 6) is 0. The van der Waals surface area contributed by atoms with Gasteiger partial charge >= 0.3 is 0 Å². The van der Waals surface area contributed by atoms with Crippen LogP contribution in [-0.4, -0.2) is 6.41 Å². The van der Waals surface area contributed by atoms with E-state index in [1.165, 1.54) is 0 Å². The largest absolute Gasteiger partial charge is 0.328 e. The smallest absolute Gasteiger partial charge is 0.211 e. The molecular weight excluding hydrogens is 152 g/mol. The lowest BCUT2D eigenvalue weighted by atomic mass is 10.1. The van der Waals surface area contributed by atoms with Crippen LogP contribution in [-0.2, 0) is 4.79 Å². The Bertz CT molecular complexity index is 339. The maximum Gasteiger partial charge on any atom is 0.211 e. The van der Waals surface area contributed by atoms with E-state index in [0.29, 0.717) is 12.0 Å². The number of carbonyl (C=O) groups is 1. The first-order valence-electron chi connectivity index (χ1n) is 3.49. The van der Waals surface area contributed by atoms with Crippen LogP contribution >= 0.6 is 0 Å².